The van der Waals surface area contributed by atoms with Crippen molar-refractivity contribution in [2.45, 2.75) is 0 Å². The minimum atomic E-state index is -0.599. The van der Waals surface area contributed by atoms with Crippen LogP contribution in [-0.4, -0.2) is 19.5 Å². The van der Waals surface area contributed by atoms with Crippen LogP contribution in [0.3, 0.4) is 0 Å². The first kappa shape index (κ1) is 44.7. The monoisotopic (exact) mass is 1230 g/mol. The molecule has 0 fully saturated rings. The van der Waals surface area contributed by atoms with Crippen molar-refractivity contribution in [1.82, 2.24) is 19.5 Å². The maximum atomic E-state index is 8.66. The number of thiophene rings is 2. The molecule has 0 aliphatic heterocycles. The predicted octanol–water partition coefficient (Wildman–Crippen LogP) is 24.5. The quantitative estimate of drug-likeness (QED) is 0.142. The molecule has 0 saturated carbocycles. The number of fused-ring (bicyclic) bond motifs is 15. The molecule has 93 heavy (non-hydrogen) atoms. The van der Waals surface area contributed by atoms with E-state index in [1.165, 1.54) is 91.1 Å². The molecule has 434 valence electrons. The molecule has 0 atom stereocenters. The molecule has 0 radical (unpaired) electrons. The minimum Gasteiger partial charge on any atom is -0.308 e. The van der Waals surface area contributed by atoms with Gasteiger partial charge < -0.3 is 4.57 Å². The van der Waals surface area contributed by atoms with Crippen LogP contribution in [0.4, 0.5) is 0 Å². The molecule has 0 aliphatic rings. The van der Waals surface area contributed by atoms with Gasteiger partial charge in [-0.2, -0.15) is 0 Å². The first-order valence-electron chi connectivity index (χ1n) is 35.7. The zero-order valence-corrected chi connectivity index (χ0v) is 51.1. The maximum absolute atomic E-state index is 8.66. The van der Waals surface area contributed by atoms with Crippen molar-refractivity contribution in [3.63, 3.8) is 0 Å². The van der Waals surface area contributed by atoms with E-state index in [0.29, 0.717) is 5.56 Å². The van der Waals surface area contributed by atoms with Gasteiger partial charge in [-0.3, -0.25) is 0 Å². The first-order chi connectivity index (χ1) is 50.3. The van der Waals surface area contributed by atoms with Gasteiger partial charge in [0.1, 0.15) is 0 Å². The van der Waals surface area contributed by atoms with E-state index in [1.54, 1.807) is 17.4 Å². The minimum absolute atomic E-state index is 0.00947. The van der Waals surface area contributed by atoms with Crippen LogP contribution in [-0.2, 0) is 0 Å². The van der Waals surface area contributed by atoms with Crippen LogP contribution in [0.2, 0.25) is 0 Å². The Balaban J connectivity index is 0.000000153. The summed E-state index contributed by atoms with van der Waals surface area (Å²) < 4.78 is 91.3. The van der Waals surface area contributed by atoms with Crippen molar-refractivity contribution in [3.05, 3.63) is 327 Å². The lowest BCUT2D eigenvalue weighted by molar-refractivity contribution is 1.07. The summed E-state index contributed by atoms with van der Waals surface area (Å²) in [5.74, 6) is -0.611. The Morgan fingerprint density at radius 2 is 0.591 bits per heavy atom. The lowest BCUT2D eigenvalue weighted by atomic mass is 9.92. The van der Waals surface area contributed by atoms with Crippen LogP contribution in [0, 0.1) is 0 Å². The third-order valence-corrected chi connectivity index (χ3v) is 20.3. The van der Waals surface area contributed by atoms with Crippen LogP contribution in [0.1, 0.15) is 13.7 Å². The average Bonchev–Trinajstić information content (AvgIpc) is 1.65. The van der Waals surface area contributed by atoms with E-state index in [1.807, 2.05) is 59.9 Å². The molecule has 19 aromatic rings. The van der Waals surface area contributed by atoms with Gasteiger partial charge in [0, 0.05) is 63.1 Å². The summed E-state index contributed by atoms with van der Waals surface area (Å²) in [6, 6.07) is 88.7. The number of nitrogens with zero attached hydrogens (tertiary/aromatic N) is 4. The molecule has 0 aliphatic carbocycles. The number of benzene rings is 15. The summed E-state index contributed by atoms with van der Waals surface area (Å²) in [6.45, 7) is 0. The van der Waals surface area contributed by atoms with Crippen LogP contribution >= 0.6 is 22.7 Å². The van der Waals surface area contributed by atoms with E-state index in [9.17, 15) is 0 Å². The van der Waals surface area contributed by atoms with E-state index >= 15 is 0 Å². The van der Waals surface area contributed by atoms with Gasteiger partial charge in [-0.1, -0.05) is 297 Å². The van der Waals surface area contributed by atoms with Gasteiger partial charge in [0.25, 0.3) is 0 Å². The largest absolute Gasteiger partial charge is 0.308 e. The number of hydrogen-bond donors (Lipinski definition) is 0. The molecule has 0 bridgehead atoms. The average molecular weight is 1230 g/mol. The summed E-state index contributed by atoms with van der Waals surface area (Å²) >= 11 is 3.61. The van der Waals surface area contributed by atoms with Crippen molar-refractivity contribution in [1.29, 1.82) is 0 Å². The van der Waals surface area contributed by atoms with Gasteiger partial charge in [0.15, 0.2) is 17.5 Å². The van der Waals surface area contributed by atoms with E-state index in [-0.39, 0.29) is 28.6 Å². The summed E-state index contributed by atoms with van der Waals surface area (Å²) in [5, 5.41) is 15.3. The second kappa shape index (κ2) is 22.7. The zero-order chi connectivity index (χ0) is 70.1. The Hall–Kier alpha value is -11.7. The number of rotatable bonds is 8. The third-order valence-electron chi connectivity index (χ3n) is 17.7. The Bertz CT molecular complexity index is 6530. The highest BCUT2D eigenvalue weighted by molar-refractivity contribution is 7.27. The van der Waals surface area contributed by atoms with Gasteiger partial charge in [0.05, 0.1) is 35.1 Å². The highest BCUT2D eigenvalue weighted by atomic mass is 32.1. The maximum Gasteiger partial charge on any atom is 0.164 e. The number of aromatic nitrogens is 4. The predicted molar refractivity (Wildman–Crippen MR) is 397 cm³/mol. The molecule has 6 heteroatoms. The third kappa shape index (κ3) is 9.37. The van der Waals surface area contributed by atoms with Crippen molar-refractivity contribution in [2.75, 3.05) is 0 Å². The topological polar surface area (TPSA) is 43.6 Å². The highest BCUT2D eigenvalue weighted by Crippen LogP contribution is 2.47. The van der Waals surface area contributed by atoms with E-state index < -0.39 is 60.4 Å². The molecular formula is C87H54N4S2. The first-order valence-corrected chi connectivity index (χ1v) is 32.3. The second-order valence-electron chi connectivity index (χ2n) is 23.0. The van der Waals surface area contributed by atoms with Gasteiger partial charge in [-0.05, 0) is 107 Å². The number of hydrogen-bond acceptors (Lipinski definition) is 5. The van der Waals surface area contributed by atoms with Gasteiger partial charge in [-0.25, -0.2) is 15.0 Å². The van der Waals surface area contributed by atoms with E-state index in [0.717, 1.165) is 53.6 Å². The molecule has 4 nitrogen and oxygen atoms in total. The molecule has 19 rings (SSSR count). The SMILES string of the molecule is [2H]c1c([2H])c([2H])c(-c2nc(-c3cccc(-c4cccc5c4sc4c(-c6ccc(-c7ccccc7)cc6)cccc45)c3)nc(-c3c([2H])c([2H])c([2H])c([2H])c3[2H])n2)c([2H])c1[2H].c1cc(-c2ccc3c4ccccc4c4ccccc4c3c2)c2sc3c(-n4c5ccccc5c5ccccc54)cccc3c2c1. The Labute approximate surface area is 558 Å². The molecule has 0 unspecified atom stereocenters. The molecule has 0 N–H and O–H groups in total. The Morgan fingerprint density at radius 3 is 1.14 bits per heavy atom. The van der Waals surface area contributed by atoms with E-state index in [2.05, 4.69) is 232 Å². The summed E-state index contributed by atoms with van der Waals surface area (Å²) in [5.41, 5.74) is 12.4. The van der Waals surface area contributed by atoms with Gasteiger partial charge >= 0.3 is 0 Å². The molecule has 0 spiro atoms. The van der Waals surface area contributed by atoms with Gasteiger partial charge in [-0.15, -0.1) is 22.7 Å². The fraction of sp³-hybridized carbons (Fsp3) is 0. The highest BCUT2D eigenvalue weighted by Gasteiger charge is 2.21. The molecule has 0 amide bonds. The van der Waals surface area contributed by atoms with Crippen molar-refractivity contribution < 1.29 is 13.7 Å². The van der Waals surface area contributed by atoms with E-state index in [4.69, 9.17) is 13.7 Å². The normalized spacial score (nSPS) is 13.2. The van der Waals surface area contributed by atoms with Gasteiger partial charge in [0.2, 0.25) is 0 Å². The number of para-hydroxylation sites is 2. The summed E-state index contributed by atoms with van der Waals surface area (Å²) in [7, 11) is 0. The molecule has 4 heterocycles. The summed E-state index contributed by atoms with van der Waals surface area (Å²) in [4.78, 5) is 13.6. The van der Waals surface area contributed by atoms with Crippen LogP contribution < -0.4 is 0 Å². The van der Waals surface area contributed by atoms with Crippen LogP contribution in [0.5, 0.6) is 0 Å². The van der Waals surface area contributed by atoms with Crippen molar-refractivity contribution >= 4 is 117 Å². The Morgan fingerprint density at radius 1 is 0.237 bits per heavy atom. The lowest BCUT2D eigenvalue weighted by Gasteiger charge is -2.12. The fourth-order valence-electron chi connectivity index (χ4n) is 13.5. The molecular weight excluding hydrogens is 1170 g/mol. The van der Waals surface area contributed by atoms with Crippen molar-refractivity contribution in [2.24, 2.45) is 0 Å². The molecule has 4 aromatic heterocycles. The molecule has 0 saturated heterocycles. The second-order valence-corrected chi connectivity index (χ2v) is 25.0. The van der Waals surface area contributed by atoms with Crippen molar-refractivity contribution in [3.8, 4) is 84.4 Å². The van der Waals surface area contributed by atoms with Crippen LogP contribution in [0.25, 0.3) is 179 Å². The Kier molecular flexibility index (Phi) is 10.9. The standard InChI is InChI=1S/C45H29N3S.C42H25NS/c1-4-13-30(14-5-1)31-25-27-32(28-26-31)37-21-11-23-39-40-24-12-22-38(42(40)49-41(37)39)35-19-10-20-36(29-35)45-47-43(33-15-6-2-7-16-33)46-44(48-45)34-17-8-3-9-18-34;1-2-13-30-28(11-1)29-12-3-4-14-31(29)37-25-26(23-24-32(30)37)27-17-9-18-35-36-19-10-22-40(42(36)44-41(27)35)43-38-20-7-5-15-33(38)34-16-6-8-21-39(34)43/h1-29H;1-25H/i2D,3D,6D,7D,8D,9D,15D,16D,17D,18D;. The molecule has 15 aromatic carbocycles. The van der Waals surface area contributed by atoms with Crippen LogP contribution in [0.15, 0.2) is 327 Å². The zero-order valence-electron chi connectivity index (χ0n) is 59.5. The summed E-state index contributed by atoms with van der Waals surface area (Å²) in [6.07, 6.45) is 0. The smallest absolute Gasteiger partial charge is 0.164 e. The lowest BCUT2D eigenvalue weighted by Crippen LogP contribution is -2.00. The fourth-order valence-corrected chi connectivity index (χ4v) is 16.2.